The summed E-state index contributed by atoms with van der Waals surface area (Å²) in [5, 5.41) is 0. The molecule has 3 aromatic rings. The van der Waals surface area contributed by atoms with E-state index < -0.39 is 11.6 Å². The van der Waals surface area contributed by atoms with E-state index in [1.807, 2.05) is 18.2 Å². The predicted octanol–water partition coefficient (Wildman–Crippen LogP) is 10.8. The third-order valence-corrected chi connectivity index (χ3v) is 7.23. The van der Waals surface area contributed by atoms with Crippen molar-refractivity contribution in [2.24, 2.45) is 5.92 Å². The van der Waals surface area contributed by atoms with Gasteiger partial charge >= 0.3 is 0 Å². The Morgan fingerprint density at radius 1 is 0.778 bits per heavy atom. The summed E-state index contributed by atoms with van der Waals surface area (Å²) in [5.74, 6) is -1.25. The minimum Gasteiger partial charge on any atom is -0.206 e. The number of benzene rings is 3. The Morgan fingerprint density at radius 3 is 2.11 bits per heavy atom. The summed E-state index contributed by atoms with van der Waals surface area (Å²) in [6, 6.07) is 15.7. The van der Waals surface area contributed by atoms with Crippen LogP contribution in [0, 0.1) is 23.4 Å². The van der Waals surface area contributed by atoms with Crippen LogP contribution in [-0.4, -0.2) is 0 Å². The van der Waals surface area contributed by atoms with Crippen LogP contribution in [0.4, 0.5) is 13.2 Å². The van der Waals surface area contributed by atoms with Gasteiger partial charge in [0.05, 0.1) is 0 Å². The molecule has 3 rings (SSSR count). The standard InChI is InChI=1S/C33H39F3/c1-5-7-8-9-10-11-27-18-21-30(33(36)32(27)35)26-16-14-25(15-17-26)28-19-20-29(31(34)22-28)24(4)13-12-23(3)6-2/h14-23H,4-13H2,1-3H3. The molecule has 0 aliphatic heterocycles. The van der Waals surface area contributed by atoms with Crippen molar-refractivity contribution in [2.45, 2.75) is 78.6 Å². The lowest BCUT2D eigenvalue weighted by molar-refractivity contribution is 0.497. The van der Waals surface area contributed by atoms with Crippen LogP contribution < -0.4 is 0 Å². The van der Waals surface area contributed by atoms with Crippen LogP contribution in [0.3, 0.4) is 0 Å². The summed E-state index contributed by atoms with van der Waals surface area (Å²) in [4.78, 5) is 0. The molecule has 3 heteroatoms. The summed E-state index contributed by atoms with van der Waals surface area (Å²) in [6.07, 6.45) is 8.79. The lowest BCUT2D eigenvalue weighted by atomic mass is 9.93. The average Bonchev–Trinajstić information content (AvgIpc) is 2.89. The number of allylic oxidation sites excluding steroid dienone is 1. The number of aryl methyl sites for hydroxylation is 1. The number of hydrogen-bond acceptors (Lipinski definition) is 0. The van der Waals surface area contributed by atoms with Gasteiger partial charge in [-0.1, -0.05) is 108 Å². The van der Waals surface area contributed by atoms with Gasteiger partial charge in [-0.3, -0.25) is 0 Å². The molecule has 0 aromatic heterocycles. The van der Waals surface area contributed by atoms with Gasteiger partial charge in [-0.2, -0.15) is 0 Å². The normalized spacial score (nSPS) is 12.1. The van der Waals surface area contributed by atoms with E-state index in [1.165, 1.54) is 12.5 Å². The third kappa shape index (κ3) is 7.12. The Labute approximate surface area is 215 Å². The van der Waals surface area contributed by atoms with Gasteiger partial charge in [-0.05, 0) is 65.5 Å². The van der Waals surface area contributed by atoms with Gasteiger partial charge in [-0.25, -0.2) is 13.2 Å². The van der Waals surface area contributed by atoms with Gasteiger partial charge in [0.15, 0.2) is 11.6 Å². The number of hydrogen-bond donors (Lipinski definition) is 0. The van der Waals surface area contributed by atoms with Crippen molar-refractivity contribution in [3.8, 4) is 22.3 Å². The molecule has 0 aliphatic carbocycles. The molecule has 0 radical (unpaired) electrons. The fraction of sp³-hybridized carbons (Fsp3) is 0.394. The third-order valence-electron chi connectivity index (χ3n) is 7.23. The van der Waals surface area contributed by atoms with Crippen LogP contribution in [0.5, 0.6) is 0 Å². The molecule has 0 saturated heterocycles. The van der Waals surface area contributed by atoms with E-state index in [0.717, 1.165) is 61.6 Å². The minimum atomic E-state index is -0.805. The van der Waals surface area contributed by atoms with Crippen LogP contribution in [0.1, 0.15) is 83.3 Å². The van der Waals surface area contributed by atoms with Gasteiger partial charge in [0, 0.05) is 11.1 Å². The van der Waals surface area contributed by atoms with E-state index in [2.05, 4.69) is 27.4 Å². The molecular formula is C33H39F3. The van der Waals surface area contributed by atoms with Crippen molar-refractivity contribution < 1.29 is 13.2 Å². The van der Waals surface area contributed by atoms with E-state index in [9.17, 15) is 13.2 Å². The lowest BCUT2D eigenvalue weighted by Crippen LogP contribution is -1.98. The first-order valence-electron chi connectivity index (χ1n) is 13.4. The van der Waals surface area contributed by atoms with Crippen LogP contribution in [0.2, 0.25) is 0 Å². The van der Waals surface area contributed by atoms with Crippen LogP contribution in [0.25, 0.3) is 27.8 Å². The molecule has 1 unspecified atom stereocenters. The molecule has 0 N–H and O–H groups in total. The zero-order valence-corrected chi connectivity index (χ0v) is 22.0. The number of rotatable bonds is 13. The van der Waals surface area contributed by atoms with Crippen LogP contribution in [0.15, 0.2) is 61.2 Å². The van der Waals surface area contributed by atoms with Crippen molar-refractivity contribution in [1.82, 2.24) is 0 Å². The molecule has 0 heterocycles. The fourth-order valence-electron chi connectivity index (χ4n) is 4.51. The largest absolute Gasteiger partial charge is 0.206 e. The van der Waals surface area contributed by atoms with E-state index in [-0.39, 0.29) is 11.4 Å². The average molecular weight is 493 g/mol. The highest BCUT2D eigenvalue weighted by Crippen LogP contribution is 2.31. The maximum atomic E-state index is 14.9. The maximum Gasteiger partial charge on any atom is 0.166 e. The van der Waals surface area contributed by atoms with Crippen molar-refractivity contribution in [2.75, 3.05) is 0 Å². The quantitative estimate of drug-likeness (QED) is 0.208. The first-order chi connectivity index (χ1) is 17.3. The molecule has 1 atom stereocenters. The van der Waals surface area contributed by atoms with Gasteiger partial charge in [-0.15, -0.1) is 0 Å². The number of unbranched alkanes of at least 4 members (excludes halogenated alkanes) is 4. The van der Waals surface area contributed by atoms with Gasteiger partial charge in [0.1, 0.15) is 5.82 Å². The van der Waals surface area contributed by atoms with Crippen molar-refractivity contribution >= 4 is 5.57 Å². The molecule has 0 saturated carbocycles. The highest BCUT2D eigenvalue weighted by atomic mass is 19.2. The monoisotopic (exact) mass is 492 g/mol. The zero-order chi connectivity index (χ0) is 26.1. The molecular weight excluding hydrogens is 453 g/mol. The molecule has 0 fully saturated rings. The Morgan fingerprint density at radius 2 is 1.44 bits per heavy atom. The molecule has 0 nitrogen and oxygen atoms in total. The van der Waals surface area contributed by atoms with E-state index in [4.69, 9.17) is 0 Å². The van der Waals surface area contributed by atoms with Crippen molar-refractivity contribution in [1.29, 1.82) is 0 Å². The summed E-state index contributed by atoms with van der Waals surface area (Å²) >= 11 is 0. The Kier molecular flexibility index (Phi) is 10.4. The molecule has 192 valence electrons. The molecule has 0 bridgehead atoms. The summed E-state index contributed by atoms with van der Waals surface area (Å²) in [5.41, 5.74) is 4.21. The van der Waals surface area contributed by atoms with E-state index in [0.29, 0.717) is 29.0 Å². The zero-order valence-electron chi connectivity index (χ0n) is 22.0. The number of halogens is 3. The topological polar surface area (TPSA) is 0 Å². The van der Waals surface area contributed by atoms with Gasteiger partial charge < -0.3 is 0 Å². The summed E-state index contributed by atoms with van der Waals surface area (Å²) in [6.45, 7) is 10.6. The fourth-order valence-corrected chi connectivity index (χ4v) is 4.51. The highest BCUT2D eigenvalue weighted by Gasteiger charge is 2.15. The lowest BCUT2D eigenvalue weighted by Gasteiger charge is -2.13. The van der Waals surface area contributed by atoms with E-state index >= 15 is 0 Å². The molecule has 36 heavy (non-hydrogen) atoms. The summed E-state index contributed by atoms with van der Waals surface area (Å²) < 4.78 is 44.5. The van der Waals surface area contributed by atoms with E-state index in [1.54, 1.807) is 30.3 Å². The summed E-state index contributed by atoms with van der Waals surface area (Å²) in [7, 11) is 0. The first-order valence-corrected chi connectivity index (χ1v) is 13.4. The van der Waals surface area contributed by atoms with Gasteiger partial charge in [0.2, 0.25) is 0 Å². The van der Waals surface area contributed by atoms with Crippen LogP contribution in [-0.2, 0) is 6.42 Å². The second-order valence-corrected chi connectivity index (χ2v) is 9.99. The van der Waals surface area contributed by atoms with Crippen molar-refractivity contribution in [3.05, 3.63) is 89.8 Å². The molecule has 0 spiro atoms. The predicted molar refractivity (Wildman–Crippen MR) is 147 cm³/mol. The Bertz CT molecular complexity index is 1140. The minimum absolute atomic E-state index is 0.243. The van der Waals surface area contributed by atoms with Crippen molar-refractivity contribution in [3.63, 3.8) is 0 Å². The first kappa shape index (κ1) is 27.8. The molecule has 0 amide bonds. The molecule has 3 aromatic carbocycles. The smallest absolute Gasteiger partial charge is 0.166 e. The second-order valence-electron chi connectivity index (χ2n) is 9.99. The Balaban J connectivity index is 1.71. The Hall–Kier alpha value is -2.81. The van der Waals surface area contributed by atoms with Gasteiger partial charge in [0.25, 0.3) is 0 Å². The maximum absolute atomic E-state index is 14.9. The molecule has 0 aliphatic rings. The SMILES string of the molecule is C=C(CCC(C)CC)c1ccc(-c2ccc(-c3ccc(CCCCCCC)c(F)c3F)cc2)cc1F. The van der Waals surface area contributed by atoms with Crippen LogP contribution >= 0.6 is 0 Å². The highest BCUT2D eigenvalue weighted by molar-refractivity contribution is 5.73. The second kappa shape index (κ2) is 13.5.